The highest BCUT2D eigenvalue weighted by molar-refractivity contribution is 7.85. The molecule has 0 aromatic rings. The van der Waals surface area contributed by atoms with Crippen molar-refractivity contribution in [3.63, 3.8) is 0 Å². The summed E-state index contributed by atoms with van der Waals surface area (Å²) in [6.45, 7) is 9.15. The highest BCUT2D eigenvalue weighted by Crippen LogP contribution is 2.68. The Bertz CT molecular complexity index is 925. The molecule has 7 nitrogen and oxygen atoms in total. The monoisotopic (exact) mass is 541 g/mol. The van der Waals surface area contributed by atoms with E-state index < -0.39 is 15.9 Å². The van der Waals surface area contributed by atoms with Gasteiger partial charge in [-0.05, 0) is 104 Å². The van der Waals surface area contributed by atoms with Crippen LogP contribution < -0.4 is 5.32 Å². The van der Waals surface area contributed by atoms with Crippen molar-refractivity contribution in [2.24, 2.45) is 52.3 Å². The fraction of sp³-hybridized carbons (Fsp3) is 0.966. The zero-order valence-electron chi connectivity index (χ0n) is 23.4. The minimum Gasteiger partial charge on any atom is -0.393 e. The lowest BCUT2D eigenvalue weighted by atomic mass is 9.43. The third-order valence-corrected chi connectivity index (χ3v) is 12.5. The first-order valence-corrected chi connectivity index (χ1v) is 16.5. The molecule has 0 saturated heterocycles. The second-order valence-corrected chi connectivity index (χ2v) is 15.4. The van der Waals surface area contributed by atoms with Crippen molar-refractivity contribution in [1.82, 2.24) is 5.32 Å². The van der Waals surface area contributed by atoms with Crippen molar-refractivity contribution < 1.29 is 28.0 Å². The van der Waals surface area contributed by atoms with Gasteiger partial charge in [0.2, 0.25) is 5.91 Å². The molecule has 0 heterocycles. The minimum atomic E-state index is -4.06. The van der Waals surface area contributed by atoms with E-state index in [4.69, 9.17) is 4.55 Å². The van der Waals surface area contributed by atoms with Gasteiger partial charge in [-0.15, -0.1) is 0 Å². The maximum atomic E-state index is 12.3. The zero-order chi connectivity index (χ0) is 27.2. The van der Waals surface area contributed by atoms with E-state index in [1.807, 2.05) is 6.92 Å². The molecule has 214 valence electrons. The quantitative estimate of drug-likeness (QED) is 0.320. The Morgan fingerprint density at radius 1 is 0.973 bits per heavy atom. The van der Waals surface area contributed by atoms with Crippen LogP contribution in [0.25, 0.3) is 0 Å². The lowest BCUT2D eigenvalue weighted by molar-refractivity contribution is -0.174. The van der Waals surface area contributed by atoms with Gasteiger partial charge in [-0.2, -0.15) is 8.42 Å². The molecule has 4 rings (SSSR count). The number of hydrogen-bond donors (Lipinski definition) is 4. The molecule has 8 heteroatoms. The second-order valence-electron chi connectivity index (χ2n) is 13.8. The summed E-state index contributed by atoms with van der Waals surface area (Å²) in [4.78, 5) is 12.3. The molecule has 0 bridgehead atoms. The van der Waals surface area contributed by atoms with E-state index in [9.17, 15) is 23.4 Å². The molecule has 0 aliphatic heterocycles. The summed E-state index contributed by atoms with van der Waals surface area (Å²) in [5, 5.41) is 24.3. The van der Waals surface area contributed by atoms with Gasteiger partial charge < -0.3 is 15.5 Å². The fourth-order valence-corrected chi connectivity index (χ4v) is 10.1. The van der Waals surface area contributed by atoms with Gasteiger partial charge in [0, 0.05) is 12.5 Å². The predicted octanol–water partition coefficient (Wildman–Crippen LogP) is 4.42. The van der Waals surface area contributed by atoms with Crippen LogP contribution in [0.3, 0.4) is 0 Å². The van der Waals surface area contributed by atoms with Crippen LogP contribution >= 0.6 is 0 Å². The molecule has 4 saturated carbocycles. The number of fused-ring (bicyclic) bond motifs is 5. The molecular formula is C29H51NO6S. The fourth-order valence-electron chi connectivity index (χ4n) is 9.73. The zero-order valence-corrected chi connectivity index (χ0v) is 24.2. The molecule has 4 fully saturated rings. The summed E-state index contributed by atoms with van der Waals surface area (Å²) in [6.07, 6.45) is 10.9. The molecule has 1 amide bonds. The van der Waals surface area contributed by atoms with Crippen LogP contribution in [0.2, 0.25) is 0 Å². The summed E-state index contributed by atoms with van der Waals surface area (Å²) < 4.78 is 30.5. The summed E-state index contributed by atoms with van der Waals surface area (Å²) in [6, 6.07) is 0. The Kier molecular flexibility index (Phi) is 8.75. The van der Waals surface area contributed by atoms with Crippen LogP contribution in [0.5, 0.6) is 0 Å². The number of hydrogen-bond acceptors (Lipinski definition) is 5. The maximum Gasteiger partial charge on any atom is 0.266 e. The number of amides is 1. The summed E-state index contributed by atoms with van der Waals surface area (Å²) in [7, 11) is -4.06. The van der Waals surface area contributed by atoms with Gasteiger partial charge in [-0.3, -0.25) is 9.35 Å². The summed E-state index contributed by atoms with van der Waals surface area (Å²) in [5.41, 5.74) is 0.518. The molecule has 37 heavy (non-hydrogen) atoms. The van der Waals surface area contributed by atoms with Gasteiger partial charge in [0.25, 0.3) is 10.1 Å². The van der Waals surface area contributed by atoms with E-state index >= 15 is 0 Å². The van der Waals surface area contributed by atoms with Crippen LogP contribution in [0.15, 0.2) is 0 Å². The topological polar surface area (TPSA) is 124 Å². The third-order valence-electron chi connectivity index (χ3n) is 11.8. The Hall–Kier alpha value is -0.700. The first kappa shape index (κ1) is 29.3. The molecule has 4 aliphatic carbocycles. The number of rotatable bonds is 9. The average Bonchev–Trinajstić information content (AvgIpc) is 3.16. The number of carbonyl (C=O) groups excluding carboxylic acids is 1. The number of aliphatic hydroxyl groups is 2. The molecule has 4 aliphatic rings. The van der Waals surface area contributed by atoms with Gasteiger partial charge in [-0.25, -0.2) is 0 Å². The van der Waals surface area contributed by atoms with Crippen molar-refractivity contribution >= 4 is 16.0 Å². The Balaban J connectivity index is 1.32. The Morgan fingerprint density at radius 3 is 2.35 bits per heavy atom. The van der Waals surface area contributed by atoms with Crippen molar-refractivity contribution in [3.05, 3.63) is 0 Å². The first-order valence-electron chi connectivity index (χ1n) is 14.8. The highest BCUT2D eigenvalue weighted by Gasteiger charge is 2.62. The Labute approximate surface area is 224 Å². The normalized spacial score (nSPS) is 43.3. The van der Waals surface area contributed by atoms with Crippen molar-refractivity contribution in [2.45, 2.75) is 111 Å². The average molecular weight is 542 g/mol. The predicted molar refractivity (Wildman–Crippen MR) is 144 cm³/mol. The van der Waals surface area contributed by atoms with E-state index in [1.165, 1.54) is 25.7 Å². The molecule has 11 unspecified atom stereocenters. The second kappa shape index (κ2) is 11.1. The lowest BCUT2D eigenvalue weighted by Crippen LogP contribution is -2.58. The third kappa shape index (κ3) is 5.92. The van der Waals surface area contributed by atoms with Crippen LogP contribution in [0, 0.1) is 52.3 Å². The number of aliphatic hydroxyl groups excluding tert-OH is 2. The molecular weight excluding hydrogens is 490 g/mol. The summed E-state index contributed by atoms with van der Waals surface area (Å²) in [5.74, 6) is 2.39. The minimum absolute atomic E-state index is 0.0609. The first-order chi connectivity index (χ1) is 17.3. The lowest BCUT2D eigenvalue weighted by Gasteiger charge is -2.62. The maximum absolute atomic E-state index is 12.3. The molecule has 0 spiro atoms. The molecule has 4 N–H and O–H groups in total. The highest BCUT2D eigenvalue weighted by atomic mass is 32.2. The molecule has 0 aromatic heterocycles. The van der Waals surface area contributed by atoms with E-state index in [0.29, 0.717) is 35.5 Å². The van der Waals surface area contributed by atoms with Gasteiger partial charge in [0.1, 0.15) is 0 Å². The van der Waals surface area contributed by atoms with Gasteiger partial charge >= 0.3 is 0 Å². The molecule has 0 aromatic carbocycles. The largest absolute Gasteiger partial charge is 0.393 e. The van der Waals surface area contributed by atoms with E-state index in [0.717, 1.165) is 44.9 Å². The van der Waals surface area contributed by atoms with E-state index in [-0.39, 0.29) is 41.4 Å². The van der Waals surface area contributed by atoms with Gasteiger partial charge in [-0.1, -0.05) is 40.5 Å². The SMILES string of the molecule is CC(CCCC(C)C1CCC2C3C(O)CC4CC(O)CCC4(C)C3CCC12C)C(=O)NCCS(=O)(=O)O. The van der Waals surface area contributed by atoms with Crippen molar-refractivity contribution in [1.29, 1.82) is 0 Å². The van der Waals surface area contributed by atoms with E-state index in [2.05, 4.69) is 26.1 Å². The summed E-state index contributed by atoms with van der Waals surface area (Å²) >= 11 is 0. The van der Waals surface area contributed by atoms with E-state index in [1.54, 1.807) is 0 Å². The number of nitrogens with one attached hydrogen (secondary N) is 1. The standard InChI is InChI=1S/C29H51NO6S/c1-18(6-5-7-19(2)27(33)30-14-15-37(34,35)36)22-8-9-23-26-24(11-13-29(22,23)4)28(3)12-10-21(31)16-20(28)17-25(26)32/h18-26,31-32H,5-17H2,1-4H3,(H,30,33)(H,34,35,36). The smallest absolute Gasteiger partial charge is 0.266 e. The van der Waals surface area contributed by atoms with Crippen molar-refractivity contribution in [3.8, 4) is 0 Å². The van der Waals surface area contributed by atoms with Gasteiger partial charge in [0.15, 0.2) is 0 Å². The van der Waals surface area contributed by atoms with Crippen LogP contribution in [0.1, 0.15) is 98.3 Å². The van der Waals surface area contributed by atoms with Gasteiger partial charge in [0.05, 0.1) is 18.0 Å². The van der Waals surface area contributed by atoms with Crippen molar-refractivity contribution in [2.75, 3.05) is 12.3 Å². The molecule has 0 radical (unpaired) electrons. The van der Waals surface area contributed by atoms with Crippen LogP contribution in [0.4, 0.5) is 0 Å². The van der Waals surface area contributed by atoms with Crippen LogP contribution in [-0.2, 0) is 14.9 Å². The molecule has 11 atom stereocenters. The Morgan fingerprint density at radius 2 is 1.65 bits per heavy atom. The van der Waals surface area contributed by atoms with Crippen LogP contribution in [-0.4, -0.2) is 53.6 Å². The number of carbonyl (C=O) groups is 1.